The van der Waals surface area contributed by atoms with Gasteiger partial charge in [-0.1, -0.05) is 6.07 Å². The number of aromatic hydroxyl groups is 1. The minimum atomic E-state index is -1.36. The molecule has 1 heterocycles. The lowest BCUT2D eigenvalue weighted by atomic mass is 9.92. The van der Waals surface area contributed by atoms with Gasteiger partial charge < -0.3 is 10.2 Å². The molecule has 0 bridgehead atoms. The average Bonchev–Trinajstić information content (AvgIpc) is 2.65. The van der Waals surface area contributed by atoms with Crippen molar-refractivity contribution in [2.24, 2.45) is 0 Å². The number of carboxylic acid groups (broad SMARTS) is 1. The van der Waals surface area contributed by atoms with Crippen LogP contribution in [0.5, 0.6) is 5.75 Å². The van der Waals surface area contributed by atoms with Gasteiger partial charge in [-0.05, 0) is 30.3 Å². The van der Waals surface area contributed by atoms with Gasteiger partial charge in [0.25, 0.3) is 17.5 Å². The summed E-state index contributed by atoms with van der Waals surface area (Å²) in [6.45, 7) is 0. The number of imide groups is 1. The number of aromatic carboxylic acids is 1. The number of nitrogens with zero attached hydrogens (tertiary/aromatic N) is 2. The highest BCUT2D eigenvalue weighted by Gasteiger charge is 2.36. The van der Waals surface area contributed by atoms with E-state index in [1.165, 1.54) is 36.4 Å². The second kappa shape index (κ2) is 5.88. The molecular formula is C19H10N2O7. The van der Waals surface area contributed by atoms with Gasteiger partial charge in [0.05, 0.1) is 16.0 Å². The summed E-state index contributed by atoms with van der Waals surface area (Å²) in [5, 5.41) is 30.5. The smallest absolute Gasteiger partial charge is 0.339 e. The number of nitro benzene ring substituents is 1. The lowest BCUT2D eigenvalue weighted by Crippen LogP contribution is -2.40. The fourth-order valence-corrected chi connectivity index (χ4v) is 3.31. The maximum atomic E-state index is 13.0. The van der Waals surface area contributed by atoms with E-state index < -0.39 is 28.5 Å². The Morgan fingerprint density at radius 3 is 2.29 bits per heavy atom. The van der Waals surface area contributed by atoms with E-state index in [1.54, 1.807) is 0 Å². The highest BCUT2D eigenvalue weighted by Crippen LogP contribution is 2.37. The Labute approximate surface area is 156 Å². The van der Waals surface area contributed by atoms with Crippen LogP contribution < -0.4 is 4.90 Å². The van der Waals surface area contributed by atoms with Gasteiger partial charge in [-0.15, -0.1) is 0 Å². The third-order valence-electron chi connectivity index (χ3n) is 4.55. The predicted octanol–water partition coefficient (Wildman–Crippen LogP) is 2.95. The molecule has 1 aliphatic heterocycles. The minimum Gasteiger partial charge on any atom is -0.507 e. The van der Waals surface area contributed by atoms with Crippen LogP contribution in [-0.4, -0.2) is 32.9 Å². The molecule has 1 aliphatic rings. The standard InChI is InChI=1S/C19H10N2O7/c22-15-8-9(4-5-11(15)19(25)26)20-17(23)12-3-1-2-10-14(21(27)28)7-6-13(16(10)12)18(20)24/h1-8,22H,(H,25,26). The van der Waals surface area contributed by atoms with Crippen molar-refractivity contribution in [1.82, 2.24) is 0 Å². The first-order valence-electron chi connectivity index (χ1n) is 7.96. The number of carbonyl (C=O) groups excluding carboxylic acids is 2. The van der Waals surface area contributed by atoms with Gasteiger partial charge >= 0.3 is 5.97 Å². The van der Waals surface area contributed by atoms with Gasteiger partial charge in [0.2, 0.25) is 0 Å². The number of phenols is 1. The fraction of sp³-hybridized carbons (Fsp3) is 0. The maximum absolute atomic E-state index is 13.0. The van der Waals surface area contributed by atoms with Crippen molar-refractivity contribution < 1.29 is 29.5 Å². The quantitative estimate of drug-likeness (QED) is 0.406. The van der Waals surface area contributed by atoms with Crippen molar-refractivity contribution in [3.8, 4) is 5.75 Å². The topological polar surface area (TPSA) is 138 Å². The first-order valence-corrected chi connectivity index (χ1v) is 7.96. The monoisotopic (exact) mass is 378 g/mol. The molecule has 0 radical (unpaired) electrons. The zero-order valence-corrected chi connectivity index (χ0v) is 13.9. The number of hydrogen-bond donors (Lipinski definition) is 2. The molecule has 2 N–H and O–H groups in total. The molecule has 0 atom stereocenters. The number of anilines is 1. The molecule has 138 valence electrons. The molecule has 0 unspecified atom stereocenters. The van der Waals surface area contributed by atoms with Gasteiger partial charge in [-0.25, -0.2) is 9.69 Å². The molecule has 2 amide bonds. The largest absolute Gasteiger partial charge is 0.507 e. The van der Waals surface area contributed by atoms with Gasteiger partial charge in [0, 0.05) is 28.6 Å². The molecule has 3 aromatic rings. The van der Waals surface area contributed by atoms with Crippen molar-refractivity contribution in [3.63, 3.8) is 0 Å². The van der Waals surface area contributed by atoms with E-state index in [-0.39, 0.29) is 38.8 Å². The summed E-state index contributed by atoms with van der Waals surface area (Å²) in [5.74, 6) is -3.42. The van der Waals surface area contributed by atoms with Crippen molar-refractivity contribution in [2.45, 2.75) is 0 Å². The van der Waals surface area contributed by atoms with Crippen molar-refractivity contribution in [1.29, 1.82) is 0 Å². The Kier molecular flexibility index (Phi) is 3.60. The molecular weight excluding hydrogens is 368 g/mol. The number of nitro groups is 1. The Hall–Kier alpha value is -4.27. The van der Waals surface area contributed by atoms with Crippen LogP contribution in [0.4, 0.5) is 11.4 Å². The molecule has 0 fully saturated rings. The van der Waals surface area contributed by atoms with Crippen LogP contribution in [0.25, 0.3) is 10.8 Å². The summed E-state index contributed by atoms with van der Waals surface area (Å²) in [6.07, 6.45) is 0. The highest BCUT2D eigenvalue weighted by molar-refractivity contribution is 6.36. The molecule has 0 saturated heterocycles. The lowest BCUT2D eigenvalue weighted by molar-refractivity contribution is -0.383. The molecule has 4 rings (SSSR count). The number of rotatable bonds is 3. The summed E-state index contributed by atoms with van der Waals surface area (Å²) in [4.78, 5) is 48.5. The summed E-state index contributed by atoms with van der Waals surface area (Å²) < 4.78 is 0. The number of carbonyl (C=O) groups is 3. The first-order chi connectivity index (χ1) is 13.3. The van der Waals surface area contributed by atoms with Gasteiger partial charge in [0.15, 0.2) is 0 Å². The van der Waals surface area contributed by atoms with E-state index in [2.05, 4.69) is 0 Å². The SMILES string of the molecule is O=C(O)c1ccc(N2C(=O)c3cccc4c([N+](=O)[O-])ccc(c34)C2=O)cc1O. The second-order valence-electron chi connectivity index (χ2n) is 6.07. The average molecular weight is 378 g/mol. The normalized spacial score (nSPS) is 13.1. The number of non-ortho nitro benzene ring substituents is 1. The summed E-state index contributed by atoms with van der Waals surface area (Å²) in [5.41, 5.74) is -0.425. The van der Waals surface area contributed by atoms with Crippen LogP contribution in [0, 0.1) is 10.1 Å². The number of carboxylic acids is 1. The third-order valence-corrected chi connectivity index (χ3v) is 4.55. The minimum absolute atomic E-state index is 0.0153. The van der Waals surface area contributed by atoms with E-state index in [1.807, 2.05) is 0 Å². The van der Waals surface area contributed by atoms with E-state index >= 15 is 0 Å². The van der Waals surface area contributed by atoms with Gasteiger partial charge in [0.1, 0.15) is 11.3 Å². The van der Waals surface area contributed by atoms with Crippen LogP contribution in [0.1, 0.15) is 31.1 Å². The van der Waals surface area contributed by atoms with Crippen molar-refractivity contribution in [3.05, 3.63) is 75.3 Å². The van der Waals surface area contributed by atoms with Crippen molar-refractivity contribution in [2.75, 3.05) is 4.90 Å². The molecule has 28 heavy (non-hydrogen) atoms. The van der Waals surface area contributed by atoms with Gasteiger partial charge in [-0.2, -0.15) is 0 Å². The fourth-order valence-electron chi connectivity index (χ4n) is 3.31. The van der Waals surface area contributed by atoms with Crippen LogP contribution in [0.2, 0.25) is 0 Å². The third kappa shape index (κ3) is 2.30. The lowest BCUT2D eigenvalue weighted by Gasteiger charge is -2.27. The Balaban J connectivity index is 1.93. The molecule has 9 nitrogen and oxygen atoms in total. The van der Waals surface area contributed by atoms with E-state index in [0.717, 1.165) is 17.0 Å². The molecule has 0 saturated carbocycles. The van der Waals surface area contributed by atoms with Crippen LogP contribution in [-0.2, 0) is 0 Å². The first kappa shape index (κ1) is 17.2. The molecule has 0 aromatic heterocycles. The van der Waals surface area contributed by atoms with Crippen LogP contribution in [0.3, 0.4) is 0 Å². The van der Waals surface area contributed by atoms with Crippen LogP contribution in [0.15, 0.2) is 48.5 Å². The van der Waals surface area contributed by atoms with E-state index in [0.29, 0.717) is 0 Å². The molecule has 9 heteroatoms. The number of amides is 2. The second-order valence-corrected chi connectivity index (χ2v) is 6.07. The number of benzene rings is 3. The highest BCUT2D eigenvalue weighted by atomic mass is 16.6. The summed E-state index contributed by atoms with van der Waals surface area (Å²) in [7, 11) is 0. The maximum Gasteiger partial charge on any atom is 0.339 e. The predicted molar refractivity (Wildman–Crippen MR) is 96.8 cm³/mol. The number of hydrogen-bond acceptors (Lipinski definition) is 6. The zero-order chi connectivity index (χ0) is 20.2. The zero-order valence-electron chi connectivity index (χ0n) is 13.9. The van der Waals surface area contributed by atoms with E-state index in [4.69, 9.17) is 5.11 Å². The Morgan fingerprint density at radius 1 is 1.00 bits per heavy atom. The van der Waals surface area contributed by atoms with Crippen molar-refractivity contribution >= 4 is 39.9 Å². The Morgan fingerprint density at radius 2 is 1.68 bits per heavy atom. The molecule has 0 aliphatic carbocycles. The molecule has 3 aromatic carbocycles. The van der Waals surface area contributed by atoms with E-state index in [9.17, 15) is 29.6 Å². The summed E-state index contributed by atoms with van der Waals surface area (Å²) in [6, 6.07) is 10.2. The summed E-state index contributed by atoms with van der Waals surface area (Å²) >= 11 is 0. The molecule has 0 spiro atoms. The van der Waals surface area contributed by atoms with Gasteiger partial charge in [-0.3, -0.25) is 19.7 Å². The Bertz CT molecular complexity index is 1210. The van der Waals surface area contributed by atoms with Crippen LogP contribution >= 0.6 is 0 Å².